The Morgan fingerprint density at radius 1 is 1.04 bits per heavy atom. The number of ether oxygens (including phenoxy) is 2. The molecule has 26 heavy (non-hydrogen) atoms. The first kappa shape index (κ1) is 18.0. The maximum Gasteiger partial charge on any atom is 0.260 e. The fourth-order valence-corrected chi connectivity index (χ4v) is 2.89. The highest BCUT2D eigenvalue weighted by molar-refractivity contribution is 5.78. The van der Waals surface area contributed by atoms with E-state index in [1.165, 1.54) is 6.07 Å². The van der Waals surface area contributed by atoms with Gasteiger partial charge in [0.1, 0.15) is 11.5 Å². The van der Waals surface area contributed by atoms with Gasteiger partial charge in [0.05, 0.1) is 12.8 Å². The summed E-state index contributed by atoms with van der Waals surface area (Å²) in [5.74, 6) is -1.20. The summed E-state index contributed by atoms with van der Waals surface area (Å²) in [6, 6.07) is 11.0. The first-order valence-corrected chi connectivity index (χ1v) is 8.32. The van der Waals surface area contributed by atoms with Crippen LogP contribution in [0.25, 0.3) is 0 Å². The van der Waals surface area contributed by atoms with Gasteiger partial charge < -0.3 is 19.3 Å². The van der Waals surface area contributed by atoms with Crippen LogP contribution < -0.4 is 14.4 Å². The third-order valence-electron chi connectivity index (χ3n) is 4.31. The van der Waals surface area contributed by atoms with Crippen molar-refractivity contribution in [1.29, 1.82) is 0 Å². The number of amides is 1. The molecule has 2 aromatic rings. The predicted molar refractivity (Wildman–Crippen MR) is 93.6 cm³/mol. The van der Waals surface area contributed by atoms with Crippen LogP contribution in [0.2, 0.25) is 0 Å². The van der Waals surface area contributed by atoms with Crippen LogP contribution in [0.1, 0.15) is 0 Å². The smallest absolute Gasteiger partial charge is 0.260 e. The number of methoxy groups -OCH3 is 1. The summed E-state index contributed by atoms with van der Waals surface area (Å²) in [7, 11) is 1.63. The molecule has 0 N–H and O–H groups in total. The molecule has 0 atom stereocenters. The van der Waals surface area contributed by atoms with Crippen molar-refractivity contribution < 1.29 is 23.0 Å². The van der Waals surface area contributed by atoms with Gasteiger partial charge in [-0.25, -0.2) is 8.78 Å². The molecule has 1 fully saturated rings. The molecule has 1 aliphatic rings. The lowest BCUT2D eigenvalue weighted by molar-refractivity contribution is -0.133. The van der Waals surface area contributed by atoms with Crippen LogP contribution >= 0.6 is 0 Å². The Morgan fingerprint density at radius 3 is 2.46 bits per heavy atom. The molecular weight excluding hydrogens is 342 g/mol. The zero-order valence-corrected chi connectivity index (χ0v) is 14.5. The number of carbonyl (C=O) groups excluding carboxylic acids is 1. The molecule has 7 heteroatoms. The number of halogens is 2. The number of rotatable bonds is 5. The highest BCUT2D eigenvalue weighted by Crippen LogP contribution is 2.28. The minimum atomic E-state index is -1.000. The van der Waals surface area contributed by atoms with Crippen molar-refractivity contribution in [2.24, 2.45) is 0 Å². The first-order valence-electron chi connectivity index (χ1n) is 8.32. The van der Waals surface area contributed by atoms with Crippen LogP contribution in [0.15, 0.2) is 42.5 Å². The summed E-state index contributed by atoms with van der Waals surface area (Å²) in [5, 5.41) is 0. The van der Waals surface area contributed by atoms with Gasteiger partial charge in [0.2, 0.25) is 0 Å². The molecule has 0 spiro atoms. The van der Waals surface area contributed by atoms with Crippen LogP contribution in [-0.4, -0.2) is 50.7 Å². The molecule has 0 unspecified atom stereocenters. The summed E-state index contributed by atoms with van der Waals surface area (Å²) in [6.45, 7) is 2.25. The minimum absolute atomic E-state index is 0.130. The Bertz CT molecular complexity index is 777. The quantitative estimate of drug-likeness (QED) is 0.820. The number of nitrogens with zero attached hydrogens (tertiary/aromatic N) is 2. The standard InChI is InChI=1S/C19H20F2N2O3/c1-25-18-5-3-2-4-17(18)22-8-10-23(11-9-22)19(24)13-26-14-6-7-15(20)16(21)12-14/h2-7,12H,8-11,13H2,1H3. The van der Waals surface area contributed by atoms with Crippen LogP contribution in [-0.2, 0) is 4.79 Å². The Morgan fingerprint density at radius 2 is 1.77 bits per heavy atom. The minimum Gasteiger partial charge on any atom is -0.495 e. The average Bonchev–Trinajstić information content (AvgIpc) is 2.68. The lowest BCUT2D eigenvalue weighted by Gasteiger charge is -2.36. The van der Waals surface area contributed by atoms with Crippen molar-refractivity contribution in [1.82, 2.24) is 4.90 Å². The lowest BCUT2D eigenvalue weighted by atomic mass is 10.2. The van der Waals surface area contributed by atoms with Crippen LogP contribution in [0.3, 0.4) is 0 Å². The summed E-state index contributed by atoms with van der Waals surface area (Å²) in [6.07, 6.45) is 0. The number of piperazine rings is 1. The molecule has 0 radical (unpaired) electrons. The van der Waals surface area contributed by atoms with Crippen molar-refractivity contribution in [2.75, 3.05) is 44.8 Å². The van der Waals surface area contributed by atoms with Gasteiger partial charge in [-0.05, 0) is 24.3 Å². The summed E-state index contributed by atoms with van der Waals surface area (Å²) in [5.41, 5.74) is 1.00. The fraction of sp³-hybridized carbons (Fsp3) is 0.316. The molecule has 3 rings (SSSR count). The molecule has 0 bridgehead atoms. The van der Waals surface area contributed by atoms with Crippen molar-refractivity contribution in [3.63, 3.8) is 0 Å². The SMILES string of the molecule is COc1ccccc1N1CCN(C(=O)COc2ccc(F)c(F)c2)CC1. The molecule has 1 saturated heterocycles. The molecule has 0 saturated carbocycles. The Labute approximate surface area is 150 Å². The highest BCUT2D eigenvalue weighted by Gasteiger charge is 2.23. The van der Waals surface area contributed by atoms with Gasteiger partial charge in [0.15, 0.2) is 18.2 Å². The van der Waals surface area contributed by atoms with Crippen molar-refractivity contribution in [3.05, 3.63) is 54.1 Å². The largest absolute Gasteiger partial charge is 0.495 e. The van der Waals surface area contributed by atoms with E-state index in [1.54, 1.807) is 12.0 Å². The van der Waals surface area contributed by atoms with Gasteiger partial charge in [-0.2, -0.15) is 0 Å². The molecule has 0 aliphatic carbocycles. The number of carbonyl (C=O) groups is 1. The molecule has 138 valence electrons. The van der Waals surface area contributed by atoms with Gasteiger partial charge in [0, 0.05) is 32.2 Å². The van der Waals surface area contributed by atoms with Crippen molar-refractivity contribution in [2.45, 2.75) is 0 Å². The van der Waals surface area contributed by atoms with Crippen molar-refractivity contribution >= 4 is 11.6 Å². The van der Waals surface area contributed by atoms with Gasteiger partial charge in [-0.3, -0.25) is 4.79 Å². The third-order valence-corrected chi connectivity index (χ3v) is 4.31. The maximum absolute atomic E-state index is 13.2. The van der Waals surface area contributed by atoms with E-state index < -0.39 is 11.6 Å². The summed E-state index contributed by atoms with van der Waals surface area (Å²) in [4.78, 5) is 16.1. The Balaban J connectivity index is 1.52. The second-order valence-electron chi connectivity index (χ2n) is 5.90. The zero-order chi connectivity index (χ0) is 18.5. The Kier molecular flexibility index (Phi) is 5.55. The van der Waals surface area contributed by atoms with Crippen LogP contribution in [0.5, 0.6) is 11.5 Å². The molecule has 1 heterocycles. The van der Waals surface area contributed by atoms with Gasteiger partial charge >= 0.3 is 0 Å². The van der Waals surface area contributed by atoms with Crippen LogP contribution in [0, 0.1) is 11.6 Å². The summed E-state index contributed by atoms with van der Waals surface area (Å²) >= 11 is 0. The van der Waals surface area contributed by atoms with E-state index in [2.05, 4.69) is 4.90 Å². The number of anilines is 1. The summed E-state index contributed by atoms with van der Waals surface area (Å²) < 4.78 is 36.7. The zero-order valence-electron chi connectivity index (χ0n) is 14.5. The van der Waals surface area contributed by atoms with E-state index >= 15 is 0 Å². The second kappa shape index (κ2) is 8.03. The van der Waals surface area contributed by atoms with Crippen LogP contribution in [0.4, 0.5) is 14.5 Å². The topological polar surface area (TPSA) is 42.0 Å². The van der Waals surface area contributed by atoms with E-state index in [0.29, 0.717) is 26.2 Å². The van der Waals surface area contributed by atoms with E-state index in [9.17, 15) is 13.6 Å². The molecule has 1 amide bonds. The normalized spacial score (nSPS) is 14.3. The van der Waals surface area contributed by atoms with E-state index in [-0.39, 0.29) is 18.3 Å². The maximum atomic E-state index is 13.2. The lowest BCUT2D eigenvalue weighted by Crippen LogP contribution is -2.50. The van der Waals surface area contributed by atoms with E-state index in [4.69, 9.17) is 9.47 Å². The van der Waals surface area contributed by atoms with Gasteiger partial charge in [0.25, 0.3) is 5.91 Å². The first-order chi connectivity index (χ1) is 12.6. The second-order valence-corrected chi connectivity index (χ2v) is 5.90. The fourth-order valence-electron chi connectivity index (χ4n) is 2.89. The monoisotopic (exact) mass is 362 g/mol. The predicted octanol–water partition coefficient (Wildman–Crippen LogP) is 2.70. The van der Waals surface area contributed by atoms with Gasteiger partial charge in [-0.1, -0.05) is 12.1 Å². The average molecular weight is 362 g/mol. The Hall–Kier alpha value is -2.83. The number of hydrogen-bond donors (Lipinski definition) is 0. The van der Waals surface area contributed by atoms with E-state index in [1.807, 2.05) is 24.3 Å². The number of hydrogen-bond acceptors (Lipinski definition) is 4. The highest BCUT2D eigenvalue weighted by atomic mass is 19.2. The molecular formula is C19H20F2N2O3. The van der Waals surface area contributed by atoms with Gasteiger partial charge in [-0.15, -0.1) is 0 Å². The third kappa shape index (κ3) is 4.04. The molecule has 5 nitrogen and oxygen atoms in total. The molecule has 2 aromatic carbocycles. The molecule has 0 aromatic heterocycles. The molecule has 1 aliphatic heterocycles. The number of benzene rings is 2. The van der Waals surface area contributed by atoms with Crippen molar-refractivity contribution in [3.8, 4) is 11.5 Å². The van der Waals surface area contributed by atoms with E-state index in [0.717, 1.165) is 23.6 Å². The number of para-hydroxylation sites is 2.